The molecule has 0 aliphatic heterocycles. The fourth-order valence-corrected chi connectivity index (χ4v) is 2.16. The molecule has 0 radical (unpaired) electrons. The van der Waals surface area contributed by atoms with Crippen LogP contribution >= 0.6 is 11.3 Å². The van der Waals surface area contributed by atoms with Gasteiger partial charge in [0.15, 0.2) is 0 Å². The van der Waals surface area contributed by atoms with E-state index in [4.69, 9.17) is 5.11 Å². The van der Waals surface area contributed by atoms with Crippen LogP contribution in [0.15, 0.2) is 0 Å². The Bertz CT molecular complexity index is 265. The van der Waals surface area contributed by atoms with Crippen LogP contribution in [0.3, 0.4) is 0 Å². The molecule has 1 heterocycles. The standard InChI is InChI=1S/C8H11NOS/c1-5-9-8(6-2-3-6)7(4-10)11-5/h6,10H,2-4H2,1H3. The minimum absolute atomic E-state index is 0.164. The molecule has 0 unspecified atom stereocenters. The maximum absolute atomic E-state index is 8.98. The second-order valence-electron chi connectivity index (χ2n) is 2.97. The van der Waals surface area contributed by atoms with Gasteiger partial charge in [0.1, 0.15) is 0 Å². The largest absolute Gasteiger partial charge is 0.391 e. The van der Waals surface area contributed by atoms with E-state index in [1.165, 1.54) is 12.8 Å². The number of aliphatic hydroxyl groups excluding tert-OH is 1. The van der Waals surface area contributed by atoms with Crippen LogP contribution in [0.2, 0.25) is 0 Å². The third-order valence-corrected chi connectivity index (χ3v) is 2.91. The third-order valence-electron chi connectivity index (χ3n) is 1.94. The summed E-state index contributed by atoms with van der Waals surface area (Å²) >= 11 is 1.62. The zero-order valence-corrected chi connectivity index (χ0v) is 7.32. The Balaban J connectivity index is 2.34. The molecule has 2 nitrogen and oxygen atoms in total. The molecule has 1 saturated carbocycles. The summed E-state index contributed by atoms with van der Waals surface area (Å²) in [4.78, 5) is 5.48. The van der Waals surface area contributed by atoms with Gasteiger partial charge >= 0.3 is 0 Å². The Morgan fingerprint density at radius 3 is 2.91 bits per heavy atom. The van der Waals surface area contributed by atoms with Crippen molar-refractivity contribution >= 4 is 11.3 Å². The molecule has 60 valence electrons. The number of hydrogen-bond acceptors (Lipinski definition) is 3. The van der Waals surface area contributed by atoms with E-state index in [9.17, 15) is 0 Å². The van der Waals surface area contributed by atoms with Crippen LogP contribution < -0.4 is 0 Å². The second kappa shape index (κ2) is 2.57. The zero-order chi connectivity index (χ0) is 7.84. The van der Waals surface area contributed by atoms with E-state index in [1.54, 1.807) is 11.3 Å². The van der Waals surface area contributed by atoms with Gasteiger partial charge in [-0.1, -0.05) is 0 Å². The van der Waals surface area contributed by atoms with Crippen LogP contribution in [0.4, 0.5) is 0 Å². The van der Waals surface area contributed by atoms with Gasteiger partial charge in [-0.05, 0) is 19.8 Å². The van der Waals surface area contributed by atoms with E-state index in [0.717, 1.165) is 15.6 Å². The predicted octanol–water partition coefficient (Wildman–Crippen LogP) is 1.82. The van der Waals surface area contributed by atoms with E-state index >= 15 is 0 Å². The second-order valence-corrected chi connectivity index (χ2v) is 4.26. The monoisotopic (exact) mass is 169 g/mol. The highest BCUT2D eigenvalue weighted by molar-refractivity contribution is 7.11. The molecule has 0 amide bonds. The Kier molecular flexibility index (Phi) is 1.69. The summed E-state index contributed by atoms with van der Waals surface area (Å²) in [7, 11) is 0. The molecule has 1 N–H and O–H groups in total. The summed E-state index contributed by atoms with van der Waals surface area (Å²) in [6, 6.07) is 0. The number of hydrogen-bond donors (Lipinski definition) is 1. The van der Waals surface area contributed by atoms with Gasteiger partial charge in [0.2, 0.25) is 0 Å². The molecular weight excluding hydrogens is 158 g/mol. The van der Waals surface area contributed by atoms with Gasteiger partial charge in [-0.15, -0.1) is 11.3 Å². The summed E-state index contributed by atoms with van der Waals surface area (Å²) in [5.74, 6) is 0.669. The Morgan fingerprint density at radius 2 is 2.36 bits per heavy atom. The van der Waals surface area contributed by atoms with Crippen molar-refractivity contribution in [3.05, 3.63) is 15.6 Å². The lowest BCUT2D eigenvalue weighted by Crippen LogP contribution is -1.86. The average Bonchev–Trinajstić information content (AvgIpc) is 2.75. The molecule has 1 aromatic heterocycles. The summed E-state index contributed by atoms with van der Waals surface area (Å²) < 4.78 is 0. The van der Waals surface area contributed by atoms with Gasteiger partial charge in [-0.2, -0.15) is 0 Å². The van der Waals surface area contributed by atoms with Gasteiger partial charge in [0.25, 0.3) is 0 Å². The summed E-state index contributed by atoms with van der Waals surface area (Å²) in [5.41, 5.74) is 1.16. The van der Waals surface area contributed by atoms with Crippen molar-refractivity contribution in [1.29, 1.82) is 0 Å². The Morgan fingerprint density at radius 1 is 1.64 bits per heavy atom. The van der Waals surface area contributed by atoms with Crippen LogP contribution in [0.5, 0.6) is 0 Å². The first-order valence-corrected chi connectivity index (χ1v) is 4.70. The molecule has 0 atom stereocenters. The number of aliphatic hydroxyl groups is 1. The molecule has 0 saturated heterocycles. The zero-order valence-electron chi connectivity index (χ0n) is 6.50. The fourth-order valence-electron chi connectivity index (χ4n) is 1.27. The van der Waals surface area contributed by atoms with Crippen molar-refractivity contribution in [2.24, 2.45) is 0 Å². The first-order chi connectivity index (χ1) is 5.31. The lowest BCUT2D eigenvalue weighted by molar-refractivity contribution is 0.284. The molecule has 0 aromatic carbocycles. The normalized spacial score (nSPS) is 17.3. The van der Waals surface area contributed by atoms with Crippen molar-refractivity contribution in [1.82, 2.24) is 4.98 Å². The van der Waals surface area contributed by atoms with Gasteiger partial charge in [-0.3, -0.25) is 0 Å². The topological polar surface area (TPSA) is 33.1 Å². The number of thiazole rings is 1. The van der Waals surface area contributed by atoms with Gasteiger partial charge in [-0.25, -0.2) is 4.98 Å². The van der Waals surface area contributed by atoms with Crippen molar-refractivity contribution in [2.75, 3.05) is 0 Å². The summed E-state index contributed by atoms with van der Waals surface area (Å²) in [6.07, 6.45) is 2.52. The van der Waals surface area contributed by atoms with Crippen molar-refractivity contribution in [2.45, 2.75) is 32.3 Å². The van der Waals surface area contributed by atoms with E-state index < -0.39 is 0 Å². The van der Waals surface area contributed by atoms with Gasteiger partial charge < -0.3 is 5.11 Å². The molecule has 1 aromatic rings. The SMILES string of the molecule is Cc1nc(C2CC2)c(CO)s1. The lowest BCUT2D eigenvalue weighted by Gasteiger charge is -1.92. The molecule has 3 heteroatoms. The molecule has 11 heavy (non-hydrogen) atoms. The first kappa shape index (κ1) is 7.25. The lowest BCUT2D eigenvalue weighted by atomic mass is 10.2. The minimum Gasteiger partial charge on any atom is -0.391 e. The number of nitrogens with zero attached hydrogens (tertiary/aromatic N) is 1. The highest BCUT2D eigenvalue weighted by Crippen LogP contribution is 2.42. The maximum atomic E-state index is 8.98. The van der Waals surface area contributed by atoms with E-state index in [-0.39, 0.29) is 6.61 Å². The Hall–Kier alpha value is -0.410. The Labute approximate surface area is 69.9 Å². The smallest absolute Gasteiger partial charge is 0.0901 e. The molecule has 2 rings (SSSR count). The maximum Gasteiger partial charge on any atom is 0.0901 e. The quantitative estimate of drug-likeness (QED) is 0.732. The van der Waals surface area contributed by atoms with Crippen molar-refractivity contribution < 1.29 is 5.11 Å². The van der Waals surface area contributed by atoms with Crippen LogP contribution in [0.25, 0.3) is 0 Å². The summed E-state index contributed by atoms with van der Waals surface area (Å²) in [5, 5.41) is 10.1. The highest BCUT2D eigenvalue weighted by Gasteiger charge is 2.28. The van der Waals surface area contributed by atoms with Crippen LogP contribution in [0.1, 0.15) is 34.3 Å². The molecular formula is C8H11NOS. The molecule has 0 spiro atoms. The van der Waals surface area contributed by atoms with Gasteiger partial charge in [0.05, 0.1) is 22.2 Å². The fraction of sp³-hybridized carbons (Fsp3) is 0.625. The first-order valence-electron chi connectivity index (χ1n) is 3.88. The van der Waals surface area contributed by atoms with E-state index in [0.29, 0.717) is 5.92 Å². The van der Waals surface area contributed by atoms with E-state index in [1.807, 2.05) is 6.92 Å². The van der Waals surface area contributed by atoms with Crippen LogP contribution in [-0.2, 0) is 6.61 Å². The third kappa shape index (κ3) is 1.30. The predicted molar refractivity (Wildman–Crippen MR) is 44.7 cm³/mol. The van der Waals surface area contributed by atoms with Crippen LogP contribution in [-0.4, -0.2) is 10.1 Å². The molecule has 0 bridgehead atoms. The highest BCUT2D eigenvalue weighted by atomic mass is 32.1. The van der Waals surface area contributed by atoms with Crippen molar-refractivity contribution in [3.63, 3.8) is 0 Å². The van der Waals surface area contributed by atoms with E-state index in [2.05, 4.69) is 4.98 Å². The van der Waals surface area contributed by atoms with Gasteiger partial charge in [0, 0.05) is 5.92 Å². The molecule has 1 fully saturated rings. The summed E-state index contributed by atoms with van der Waals surface area (Å²) in [6.45, 7) is 2.16. The minimum atomic E-state index is 0.164. The number of aromatic nitrogens is 1. The van der Waals surface area contributed by atoms with Crippen LogP contribution in [0, 0.1) is 6.92 Å². The molecule has 1 aliphatic carbocycles. The number of rotatable bonds is 2. The van der Waals surface area contributed by atoms with Crippen molar-refractivity contribution in [3.8, 4) is 0 Å². The average molecular weight is 169 g/mol. The number of aryl methyl sites for hydroxylation is 1. The molecule has 1 aliphatic rings.